The molecule has 2 amide bonds. The topological polar surface area (TPSA) is 123 Å². The van der Waals surface area contributed by atoms with Gasteiger partial charge in [-0.3, -0.25) is 9.59 Å². The van der Waals surface area contributed by atoms with Crippen LogP contribution in [0.5, 0.6) is 0 Å². The van der Waals surface area contributed by atoms with Gasteiger partial charge in [-0.25, -0.2) is 4.98 Å². The fourth-order valence-corrected chi connectivity index (χ4v) is 2.30. The van der Waals surface area contributed by atoms with Gasteiger partial charge in [0.15, 0.2) is 11.5 Å². The van der Waals surface area contributed by atoms with Crippen molar-refractivity contribution >= 4 is 11.8 Å². The maximum atomic E-state index is 11.9. The van der Waals surface area contributed by atoms with Gasteiger partial charge in [-0.2, -0.15) is 5.26 Å². The molecule has 0 spiro atoms. The molecule has 1 heterocycles. The van der Waals surface area contributed by atoms with Crippen molar-refractivity contribution in [1.29, 1.82) is 5.26 Å². The number of aromatic amines is 1. The van der Waals surface area contributed by atoms with Crippen LogP contribution in [0.2, 0.25) is 0 Å². The Bertz CT molecular complexity index is 724. The highest BCUT2D eigenvalue weighted by Crippen LogP contribution is 2.16. The van der Waals surface area contributed by atoms with Crippen LogP contribution in [-0.2, 0) is 4.79 Å². The Morgan fingerprint density at radius 2 is 2.08 bits per heavy atom. The highest BCUT2D eigenvalue weighted by molar-refractivity contribution is 5.90. The smallest absolute Gasteiger partial charge is 0.287 e. The Morgan fingerprint density at radius 3 is 2.65 bits per heavy atom. The highest BCUT2D eigenvalue weighted by Gasteiger charge is 2.19. The van der Waals surface area contributed by atoms with Crippen LogP contribution in [0.15, 0.2) is 30.0 Å². The number of nitrogens with zero attached hydrogens (tertiary/aromatic N) is 2. The number of nitriles is 1. The lowest BCUT2D eigenvalue weighted by Gasteiger charge is -2.28. The van der Waals surface area contributed by atoms with E-state index in [1.165, 1.54) is 13.1 Å². The van der Waals surface area contributed by atoms with Crippen molar-refractivity contribution in [2.75, 3.05) is 19.6 Å². The molecule has 0 unspecified atom stereocenters. The van der Waals surface area contributed by atoms with E-state index < -0.39 is 0 Å². The van der Waals surface area contributed by atoms with E-state index in [1.54, 1.807) is 0 Å². The van der Waals surface area contributed by atoms with Gasteiger partial charge in [-0.15, -0.1) is 0 Å². The van der Waals surface area contributed by atoms with E-state index in [9.17, 15) is 9.59 Å². The second kappa shape index (κ2) is 10.2. The van der Waals surface area contributed by atoms with Gasteiger partial charge >= 0.3 is 0 Å². The molecular weight excluding hydrogens is 332 g/mol. The number of allylic oxidation sites excluding steroid dienone is 1. The molecule has 0 aliphatic heterocycles. The minimum atomic E-state index is -0.370. The number of carbonyl (C=O) groups is 2. The van der Waals surface area contributed by atoms with Crippen molar-refractivity contribution < 1.29 is 9.59 Å². The van der Waals surface area contributed by atoms with E-state index in [-0.39, 0.29) is 28.9 Å². The predicted molar refractivity (Wildman–Crippen MR) is 99.3 cm³/mol. The first-order chi connectivity index (χ1) is 12.3. The largest absolute Gasteiger partial charge is 0.355 e. The summed E-state index contributed by atoms with van der Waals surface area (Å²) in [5.41, 5.74) is 0.949. The summed E-state index contributed by atoms with van der Waals surface area (Å²) >= 11 is 0. The van der Waals surface area contributed by atoms with E-state index in [0.717, 1.165) is 5.57 Å². The van der Waals surface area contributed by atoms with Gasteiger partial charge < -0.3 is 20.9 Å². The fraction of sp³-hybridized carbons (Fsp3) is 0.444. The molecule has 0 aliphatic carbocycles. The lowest BCUT2D eigenvalue weighted by molar-refractivity contribution is -0.118. The molecule has 0 aliphatic rings. The Hall–Kier alpha value is -2.92. The molecule has 1 aromatic rings. The minimum Gasteiger partial charge on any atom is -0.355 e. The Labute approximate surface area is 153 Å². The third-order valence-electron chi connectivity index (χ3n) is 3.68. The first-order valence-electron chi connectivity index (χ1n) is 8.36. The Balaban J connectivity index is 2.49. The molecule has 8 nitrogen and oxygen atoms in total. The number of rotatable bonds is 9. The summed E-state index contributed by atoms with van der Waals surface area (Å²) in [6, 6.07) is 1.86. The van der Waals surface area contributed by atoms with Gasteiger partial charge in [0, 0.05) is 38.3 Å². The summed E-state index contributed by atoms with van der Waals surface area (Å²) in [5.74, 6) is -0.308. The normalized spacial score (nSPS) is 12.0. The zero-order chi connectivity index (χ0) is 19.6. The second-order valence-corrected chi connectivity index (χ2v) is 6.14. The van der Waals surface area contributed by atoms with Gasteiger partial charge in [-0.05, 0) is 26.3 Å². The molecule has 8 heteroatoms. The van der Waals surface area contributed by atoms with E-state index in [2.05, 4.69) is 25.9 Å². The van der Waals surface area contributed by atoms with E-state index in [1.807, 2.05) is 45.1 Å². The number of hydrogen-bond acceptors (Lipinski definition) is 5. The molecule has 0 fully saturated rings. The third kappa shape index (κ3) is 6.91. The number of hydrogen-bond donors (Lipinski definition) is 4. The summed E-state index contributed by atoms with van der Waals surface area (Å²) < 4.78 is 0. The zero-order valence-electron chi connectivity index (χ0n) is 15.6. The summed E-state index contributed by atoms with van der Waals surface area (Å²) in [6.45, 7) is 9.07. The van der Waals surface area contributed by atoms with Crippen LogP contribution in [0, 0.1) is 11.3 Å². The fourth-order valence-electron chi connectivity index (χ4n) is 2.30. The standard InChI is InChI=1S/C18H26N6O2/c1-5-14(18(3,4)23-10-9-20-13(2)25)7-6-8-21-17(26)16-22-12-15(11-19)24-16/h5-7,12,23H,8-10H2,1-4H3,(H,20,25)(H,21,26)(H,22,24)/b7-6-,14-5+. The van der Waals surface area contributed by atoms with Crippen molar-refractivity contribution in [3.05, 3.63) is 41.5 Å². The highest BCUT2D eigenvalue weighted by atomic mass is 16.2. The van der Waals surface area contributed by atoms with E-state index in [0.29, 0.717) is 19.6 Å². The Kier molecular flexibility index (Phi) is 8.25. The number of carbonyl (C=O) groups excluding carboxylic acids is 2. The number of aromatic nitrogens is 2. The monoisotopic (exact) mass is 358 g/mol. The van der Waals surface area contributed by atoms with Crippen LogP contribution in [0.1, 0.15) is 44.0 Å². The maximum Gasteiger partial charge on any atom is 0.287 e. The number of imidazole rings is 1. The molecule has 1 aromatic heterocycles. The molecule has 0 saturated heterocycles. The van der Waals surface area contributed by atoms with E-state index >= 15 is 0 Å². The van der Waals surface area contributed by atoms with E-state index in [4.69, 9.17) is 5.26 Å². The van der Waals surface area contributed by atoms with Crippen LogP contribution < -0.4 is 16.0 Å². The van der Waals surface area contributed by atoms with Crippen molar-refractivity contribution in [3.63, 3.8) is 0 Å². The number of nitrogens with one attached hydrogen (secondary N) is 4. The molecule has 140 valence electrons. The molecular formula is C18H26N6O2. The molecule has 0 aromatic carbocycles. The summed E-state index contributed by atoms with van der Waals surface area (Å²) in [7, 11) is 0. The van der Waals surface area contributed by atoms with Crippen molar-refractivity contribution in [3.8, 4) is 6.07 Å². The second-order valence-electron chi connectivity index (χ2n) is 6.14. The molecule has 0 atom stereocenters. The molecule has 0 saturated carbocycles. The SMILES string of the molecule is C/C=C(\C=C/CNC(=O)c1nc(C#N)c[nH]1)C(C)(C)NCCNC(C)=O. The summed E-state index contributed by atoms with van der Waals surface area (Å²) in [4.78, 5) is 29.3. The third-order valence-corrected chi connectivity index (χ3v) is 3.68. The quantitative estimate of drug-likeness (QED) is 0.388. The lowest BCUT2D eigenvalue weighted by atomic mass is 9.93. The van der Waals surface area contributed by atoms with Crippen LogP contribution in [0.25, 0.3) is 0 Å². The molecule has 0 bridgehead atoms. The van der Waals surface area contributed by atoms with Crippen molar-refractivity contribution in [2.45, 2.75) is 33.2 Å². The lowest BCUT2D eigenvalue weighted by Crippen LogP contribution is -2.44. The predicted octanol–water partition coefficient (Wildman–Crippen LogP) is 1.02. The van der Waals surface area contributed by atoms with Gasteiger partial charge in [-0.1, -0.05) is 18.2 Å². The van der Waals surface area contributed by atoms with Crippen molar-refractivity contribution in [1.82, 2.24) is 25.9 Å². The van der Waals surface area contributed by atoms with Gasteiger partial charge in [0.25, 0.3) is 5.91 Å². The van der Waals surface area contributed by atoms with Crippen LogP contribution in [0.4, 0.5) is 0 Å². The van der Waals surface area contributed by atoms with Crippen LogP contribution >= 0.6 is 0 Å². The average molecular weight is 358 g/mol. The van der Waals surface area contributed by atoms with Gasteiger partial charge in [0.1, 0.15) is 6.07 Å². The van der Waals surface area contributed by atoms with Crippen LogP contribution in [-0.4, -0.2) is 47.0 Å². The molecule has 0 radical (unpaired) electrons. The molecule has 26 heavy (non-hydrogen) atoms. The molecule has 4 N–H and O–H groups in total. The Morgan fingerprint density at radius 1 is 1.35 bits per heavy atom. The van der Waals surface area contributed by atoms with Gasteiger partial charge in [0.2, 0.25) is 5.91 Å². The average Bonchev–Trinajstić information content (AvgIpc) is 3.07. The first-order valence-corrected chi connectivity index (χ1v) is 8.36. The number of amides is 2. The summed E-state index contributed by atoms with van der Waals surface area (Å²) in [6.07, 6.45) is 7.17. The van der Waals surface area contributed by atoms with Crippen LogP contribution in [0.3, 0.4) is 0 Å². The molecule has 1 rings (SSSR count). The first kappa shape index (κ1) is 21.1. The van der Waals surface area contributed by atoms with Crippen molar-refractivity contribution in [2.24, 2.45) is 0 Å². The number of H-pyrrole nitrogens is 1. The zero-order valence-corrected chi connectivity index (χ0v) is 15.6. The van der Waals surface area contributed by atoms with Gasteiger partial charge in [0.05, 0.1) is 0 Å². The maximum absolute atomic E-state index is 11.9. The minimum absolute atomic E-state index is 0.0510. The summed E-state index contributed by atoms with van der Waals surface area (Å²) in [5, 5.41) is 17.5.